The molecule has 2 aromatic rings. The first-order valence-corrected chi connectivity index (χ1v) is 6.91. The van der Waals surface area contributed by atoms with E-state index in [0.717, 1.165) is 6.20 Å². The van der Waals surface area contributed by atoms with Crippen LogP contribution < -0.4 is 5.32 Å². The van der Waals surface area contributed by atoms with Gasteiger partial charge in [0.2, 0.25) is 5.91 Å². The summed E-state index contributed by atoms with van der Waals surface area (Å²) >= 11 is 0. The number of aromatic nitrogens is 2. The third-order valence-electron chi connectivity index (χ3n) is 3.52. The number of hydrogen-bond acceptors (Lipinski definition) is 5. The fourth-order valence-electron chi connectivity index (χ4n) is 2.13. The molecule has 0 aliphatic heterocycles. The van der Waals surface area contributed by atoms with E-state index in [1.165, 1.54) is 18.5 Å². The number of carbonyl (C=O) groups excluding carboxylic acids is 2. The molecule has 0 saturated heterocycles. The monoisotopic (exact) mass is 316 g/mol. The van der Waals surface area contributed by atoms with Crippen molar-refractivity contribution in [2.24, 2.45) is 0 Å². The maximum absolute atomic E-state index is 12.3. The van der Waals surface area contributed by atoms with Crippen LogP contribution in [0, 0.1) is 17.0 Å². The van der Waals surface area contributed by atoms with Crippen LogP contribution >= 0.6 is 0 Å². The van der Waals surface area contributed by atoms with Gasteiger partial charge in [-0.25, -0.2) is 0 Å². The predicted molar refractivity (Wildman–Crippen MR) is 83.4 cm³/mol. The Morgan fingerprint density at radius 2 is 1.91 bits per heavy atom. The molecule has 23 heavy (non-hydrogen) atoms. The number of amides is 1. The first-order valence-electron chi connectivity index (χ1n) is 6.91. The zero-order valence-electron chi connectivity index (χ0n) is 12.9. The highest BCUT2D eigenvalue weighted by atomic mass is 16.6. The molecule has 0 aliphatic carbocycles. The molecule has 0 spiro atoms. The number of carbonyl (C=O) groups is 2. The molecule has 0 radical (unpaired) electrons. The summed E-state index contributed by atoms with van der Waals surface area (Å²) in [5.41, 5.74) is 1.26. The van der Waals surface area contributed by atoms with Crippen molar-refractivity contribution in [2.75, 3.05) is 5.32 Å². The molecule has 2 rings (SSSR count). The summed E-state index contributed by atoms with van der Waals surface area (Å²) in [7, 11) is 0. The Balaban J connectivity index is 2.14. The summed E-state index contributed by atoms with van der Waals surface area (Å²) in [6, 6.07) is 5.77. The van der Waals surface area contributed by atoms with Crippen LogP contribution in [0.15, 0.2) is 30.5 Å². The lowest BCUT2D eigenvalue weighted by atomic mass is 10.1. The molecule has 1 heterocycles. The van der Waals surface area contributed by atoms with Crippen LogP contribution in [0.3, 0.4) is 0 Å². The van der Waals surface area contributed by atoms with Gasteiger partial charge in [-0.1, -0.05) is 0 Å². The van der Waals surface area contributed by atoms with E-state index in [-0.39, 0.29) is 17.4 Å². The maximum atomic E-state index is 12.3. The van der Waals surface area contributed by atoms with E-state index >= 15 is 0 Å². The molecule has 1 aromatic carbocycles. The Hall–Kier alpha value is -3.03. The van der Waals surface area contributed by atoms with Gasteiger partial charge in [0.05, 0.1) is 4.92 Å². The Kier molecular flexibility index (Phi) is 4.54. The molecule has 1 amide bonds. The van der Waals surface area contributed by atoms with Crippen molar-refractivity contribution in [3.63, 3.8) is 0 Å². The highest BCUT2D eigenvalue weighted by Crippen LogP contribution is 2.21. The number of Topliss-reactive ketones (excluding diaryl/α,β-unsaturated/α-hetero) is 1. The number of rotatable bonds is 5. The van der Waals surface area contributed by atoms with Gasteiger partial charge in [0, 0.05) is 11.3 Å². The summed E-state index contributed by atoms with van der Waals surface area (Å²) in [5, 5.41) is 17.4. The van der Waals surface area contributed by atoms with Gasteiger partial charge in [-0.15, -0.1) is 0 Å². The van der Waals surface area contributed by atoms with Gasteiger partial charge in [-0.05, 0) is 45.0 Å². The number of nitro groups is 1. The molecule has 1 unspecified atom stereocenters. The Morgan fingerprint density at radius 3 is 2.39 bits per heavy atom. The van der Waals surface area contributed by atoms with Gasteiger partial charge in [0.25, 0.3) is 0 Å². The second-order valence-electron chi connectivity index (χ2n) is 5.12. The topological polar surface area (TPSA) is 107 Å². The average Bonchev–Trinajstić information content (AvgIpc) is 2.88. The molecule has 0 fully saturated rings. The minimum atomic E-state index is -0.712. The third-order valence-corrected chi connectivity index (χ3v) is 3.52. The van der Waals surface area contributed by atoms with E-state index in [9.17, 15) is 19.7 Å². The SMILES string of the molecule is CC(=O)c1ccc(NC(=O)C(C)n2ncc([N+](=O)[O-])c2C)cc1. The number of nitrogens with one attached hydrogen (secondary N) is 1. The van der Waals surface area contributed by atoms with Gasteiger partial charge in [0.1, 0.15) is 17.9 Å². The van der Waals surface area contributed by atoms with E-state index in [1.54, 1.807) is 31.2 Å². The minimum absolute atomic E-state index is 0.0595. The van der Waals surface area contributed by atoms with Crippen molar-refractivity contribution < 1.29 is 14.5 Å². The minimum Gasteiger partial charge on any atom is -0.324 e. The van der Waals surface area contributed by atoms with Gasteiger partial charge in [-0.3, -0.25) is 24.4 Å². The third kappa shape index (κ3) is 3.42. The molecule has 1 N–H and O–H groups in total. The average molecular weight is 316 g/mol. The van der Waals surface area contributed by atoms with Crippen LogP contribution in [0.1, 0.15) is 35.9 Å². The highest BCUT2D eigenvalue weighted by molar-refractivity contribution is 5.96. The maximum Gasteiger partial charge on any atom is 0.309 e. The summed E-state index contributed by atoms with van der Waals surface area (Å²) in [6.07, 6.45) is 1.13. The van der Waals surface area contributed by atoms with Gasteiger partial charge in [-0.2, -0.15) is 5.10 Å². The van der Waals surface area contributed by atoms with E-state index in [1.807, 2.05) is 0 Å². The lowest BCUT2D eigenvalue weighted by Gasteiger charge is -2.14. The summed E-state index contributed by atoms with van der Waals surface area (Å²) < 4.78 is 1.30. The molecule has 120 valence electrons. The molecule has 0 aliphatic rings. The van der Waals surface area contributed by atoms with Gasteiger partial charge >= 0.3 is 5.69 Å². The van der Waals surface area contributed by atoms with Crippen molar-refractivity contribution >= 4 is 23.1 Å². The van der Waals surface area contributed by atoms with Crippen LogP contribution in [0.25, 0.3) is 0 Å². The van der Waals surface area contributed by atoms with E-state index < -0.39 is 11.0 Å². The van der Waals surface area contributed by atoms with Crippen LogP contribution in [-0.2, 0) is 4.79 Å². The Bertz CT molecular complexity index is 764. The number of nitrogens with zero attached hydrogens (tertiary/aromatic N) is 3. The molecule has 0 saturated carbocycles. The van der Waals surface area contributed by atoms with Crippen molar-refractivity contribution in [3.05, 3.63) is 51.8 Å². The Morgan fingerprint density at radius 1 is 1.30 bits per heavy atom. The van der Waals surface area contributed by atoms with Crippen molar-refractivity contribution in [3.8, 4) is 0 Å². The molecule has 1 aromatic heterocycles. The second kappa shape index (κ2) is 6.39. The van der Waals surface area contributed by atoms with Crippen molar-refractivity contribution in [2.45, 2.75) is 26.8 Å². The second-order valence-corrected chi connectivity index (χ2v) is 5.12. The number of benzene rings is 1. The molecular weight excluding hydrogens is 300 g/mol. The van der Waals surface area contributed by atoms with Gasteiger partial charge in [0.15, 0.2) is 5.78 Å². The van der Waals surface area contributed by atoms with Crippen LogP contribution in [0.2, 0.25) is 0 Å². The zero-order chi connectivity index (χ0) is 17.1. The largest absolute Gasteiger partial charge is 0.324 e. The molecular formula is C15H16N4O4. The number of ketones is 1. The summed E-state index contributed by atoms with van der Waals surface area (Å²) in [4.78, 5) is 33.8. The summed E-state index contributed by atoms with van der Waals surface area (Å²) in [6.45, 7) is 4.60. The number of hydrogen-bond donors (Lipinski definition) is 1. The van der Waals surface area contributed by atoms with Crippen LogP contribution in [0.4, 0.5) is 11.4 Å². The fraction of sp³-hybridized carbons (Fsp3) is 0.267. The van der Waals surface area contributed by atoms with E-state index in [4.69, 9.17) is 0 Å². The quantitative estimate of drug-likeness (QED) is 0.518. The van der Waals surface area contributed by atoms with Gasteiger partial charge < -0.3 is 5.32 Å². The molecule has 8 heteroatoms. The number of anilines is 1. The summed E-state index contributed by atoms with van der Waals surface area (Å²) in [5.74, 6) is -0.419. The lowest BCUT2D eigenvalue weighted by molar-refractivity contribution is -0.385. The normalized spacial score (nSPS) is 11.8. The molecule has 8 nitrogen and oxygen atoms in total. The van der Waals surface area contributed by atoms with Crippen molar-refractivity contribution in [1.29, 1.82) is 0 Å². The highest BCUT2D eigenvalue weighted by Gasteiger charge is 2.23. The van der Waals surface area contributed by atoms with Crippen LogP contribution in [0.5, 0.6) is 0 Å². The van der Waals surface area contributed by atoms with Crippen molar-refractivity contribution in [1.82, 2.24) is 9.78 Å². The zero-order valence-corrected chi connectivity index (χ0v) is 12.9. The predicted octanol–water partition coefficient (Wildman–Crippen LogP) is 2.50. The first kappa shape index (κ1) is 16.3. The standard InChI is InChI=1S/C15H16N4O4/c1-9-14(19(22)23)8-16-18(9)10(2)15(21)17-13-6-4-12(5-7-13)11(3)20/h4-8,10H,1-3H3,(H,17,21). The fourth-order valence-corrected chi connectivity index (χ4v) is 2.13. The van der Waals surface area contributed by atoms with E-state index in [0.29, 0.717) is 16.9 Å². The molecule has 1 atom stereocenters. The smallest absolute Gasteiger partial charge is 0.309 e. The Labute approximate surface area is 132 Å². The molecule has 0 bridgehead atoms. The van der Waals surface area contributed by atoms with Crippen LogP contribution in [-0.4, -0.2) is 26.4 Å². The van der Waals surface area contributed by atoms with E-state index in [2.05, 4.69) is 10.4 Å². The first-order chi connectivity index (χ1) is 10.8. The lowest BCUT2D eigenvalue weighted by Crippen LogP contribution is -2.25.